The van der Waals surface area contributed by atoms with E-state index in [1.807, 2.05) is 115 Å². The van der Waals surface area contributed by atoms with Crippen LogP contribution in [0.25, 0.3) is 22.0 Å². The Morgan fingerprint density at radius 2 is 1.58 bits per heavy atom. The number of hydrogen-bond donors (Lipinski definition) is 3. The number of hydrogen-bond acceptors (Lipinski definition) is 11. The van der Waals surface area contributed by atoms with E-state index in [-0.39, 0.29) is 11.5 Å². The van der Waals surface area contributed by atoms with Crippen molar-refractivity contribution in [3.8, 4) is 34.1 Å². The maximum Gasteiger partial charge on any atom is 0.337 e. The van der Waals surface area contributed by atoms with Gasteiger partial charge in [0.05, 0.1) is 34.3 Å². The number of nitrogens with one attached hydrogen (secondary N) is 2. The Bertz CT molecular complexity index is 2740. The molecule has 362 valence electrons. The summed E-state index contributed by atoms with van der Waals surface area (Å²) in [5.74, 6) is 2.28. The van der Waals surface area contributed by atoms with Crippen LogP contribution >= 0.6 is 23.5 Å². The van der Waals surface area contributed by atoms with E-state index in [0.717, 1.165) is 92.4 Å². The van der Waals surface area contributed by atoms with Gasteiger partial charge in [-0.3, -0.25) is 19.4 Å². The average molecular weight is 975 g/mol. The Kier molecular flexibility index (Phi) is 16.2. The predicted octanol–water partition coefficient (Wildman–Crippen LogP) is 10.1. The van der Waals surface area contributed by atoms with Crippen LogP contribution in [0.15, 0.2) is 108 Å². The predicted molar refractivity (Wildman–Crippen MR) is 276 cm³/mol. The van der Waals surface area contributed by atoms with Crippen molar-refractivity contribution in [3.05, 3.63) is 119 Å². The van der Waals surface area contributed by atoms with Gasteiger partial charge >= 0.3 is 5.97 Å². The zero-order chi connectivity index (χ0) is 48.4. The molecule has 0 radical (unpaired) electrons. The minimum Gasteiger partial charge on any atom is -0.493 e. The Morgan fingerprint density at radius 1 is 0.841 bits per heavy atom. The fourth-order valence-corrected chi connectivity index (χ4v) is 9.83. The number of ether oxygens (including phenoxy) is 3. The van der Waals surface area contributed by atoms with Gasteiger partial charge in [0, 0.05) is 106 Å². The molecule has 0 saturated carbocycles. The molecule has 14 nitrogen and oxygen atoms in total. The third-order valence-electron chi connectivity index (χ3n) is 12.7. The number of benzene rings is 5. The molecule has 69 heavy (non-hydrogen) atoms. The second kappa shape index (κ2) is 22.8. The highest BCUT2D eigenvalue weighted by molar-refractivity contribution is 8.00. The van der Waals surface area contributed by atoms with Crippen molar-refractivity contribution in [1.29, 1.82) is 0 Å². The molecule has 0 unspecified atom stereocenters. The van der Waals surface area contributed by atoms with Crippen LogP contribution in [0.3, 0.4) is 0 Å². The van der Waals surface area contributed by atoms with E-state index in [1.54, 1.807) is 13.1 Å². The summed E-state index contributed by atoms with van der Waals surface area (Å²) in [7, 11) is 5.57. The Balaban J connectivity index is 0.789. The maximum atomic E-state index is 13.9. The molecule has 2 fully saturated rings. The molecule has 0 spiro atoms. The number of carbonyl (C=O) groups excluding carboxylic acids is 2. The molecule has 2 saturated heterocycles. The molecule has 1 aromatic heterocycles. The number of piperidine rings is 1. The number of likely N-dealkylation sites (tertiary alicyclic amines) is 1. The van der Waals surface area contributed by atoms with E-state index in [9.17, 15) is 19.5 Å². The second-order valence-corrected chi connectivity index (χ2v) is 19.0. The van der Waals surface area contributed by atoms with Crippen LogP contribution in [-0.4, -0.2) is 130 Å². The number of carbonyl (C=O) groups is 3. The number of carboxylic acid groups (broad SMARTS) is 1. The quantitative estimate of drug-likeness (QED) is 0.0495. The summed E-state index contributed by atoms with van der Waals surface area (Å²) < 4.78 is 21.9. The zero-order valence-corrected chi connectivity index (χ0v) is 41.2. The summed E-state index contributed by atoms with van der Waals surface area (Å²) in [5.41, 5.74) is 5.42. The van der Waals surface area contributed by atoms with Crippen molar-refractivity contribution in [2.75, 3.05) is 101 Å². The first-order chi connectivity index (χ1) is 33.5. The molecule has 8 rings (SSSR count). The topological polar surface area (TPSA) is 143 Å². The number of fused-ring (bicyclic) bond motifs is 1. The largest absolute Gasteiger partial charge is 0.493 e. The average Bonchev–Trinajstić information content (AvgIpc) is 3.78. The van der Waals surface area contributed by atoms with Gasteiger partial charge in [-0.25, -0.2) is 4.79 Å². The summed E-state index contributed by atoms with van der Waals surface area (Å²) in [6.45, 7) is 10.3. The number of aromatic amines is 1. The summed E-state index contributed by atoms with van der Waals surface area (Å²) >= 11 is 7.97. The van der Waals surface area contributed by atoms with E-state index >= 15 is 0 Å². The van der Waals surface area contributed by atoms with Gasteiger partial charge in [0.25, 0.3) is 5.91 Å². The van der Waals surface area contributed by atoms with Crippen LogP contribution in [0.5, 0.6) is 23.0 Å². The first kappa shape index (κ1) is 49.0. The number of nitrogens with zero attached hydrogens (tertiary/aromatic N) is 5. The molecule has 2 amide bonds. The van der Waals surface area contributed by atoms with Crippen molar-refractivity contribution in [2.45, 2.75) is 31.1 Å². The van der Waals surface area contributed by atoms with E-state index in [1.165, 1.54) is 23.0 Å². The molecule has 2 aliphatic rings. The van der Waals surface area contributed by atoms with Crippen molar-refractivity contribution in [1.82, 2.24) is 19.7 Å². The second-order valence-electron chi connectivity index (χ2n) is 17.7. The van der Waals surface area contributed by atoms with E-state index in [0.29, 0.717) is 82.3 Å². The van der Waals surface area contributed by atoms with Gasteiger partial charge in [0.15, 0.2) is 5.75 Å². The van der Waals surface area contributed by atoms with Crippen LogP contribution in [-0.2, 0) is 4.79 Å². The monoisotopic (exact) mass is 973 g/mol. The van der Waals surface area contributed by atoms with Crippen LogP contribution in [0.2, 0.25) is 5.02 Å². The maximum absolute atomic E-state index is 13.9. The molecule has 3 heterocycles. The van der Waals surface area contributed by atoms with E-state index < -0.39 is 5.97 Å². The summed E-state index contributed by atoms with van der Waals surface area (Å²) in [5, 5.41) is 10.7. The fourth-order valence-electron chi connectivity index (χ4n) is 8.84. The SMILES string of the molecule is CCCOc1cccc(Oc2cc(N(C)C=O)c(N(C)C)cc2NSc2cccc(C(=O)N3CCN(CC4CCN(CCOc5ccc(-c6cc7c(C(=O)O)c[nH]c7cc6Cl)cc5)CC4)CC3)c2)c1. The number of carboxylic acids is 1. The van der Waals surface area contributed by atoms with Gasteiger partial charge in [0.1, 0.15) is 23.9 Å². The Labute approximate surface area is 413 Å². The molecule has 6 aromatic rings. The van der Waals surface area contributed by atoms with Crippen LogP contribution in [0.4, 0.5) is 17.1 Å². The van der Waals surface area contributed by atoms with Gasteiger partial charge in [-0.15, -0.1) is 0 Å². The lowest BCUT2D eigenvalue weighted by atomic mass is 9.96. The van der Waals surface area contributed by atoms with E-state index in [2.05, 4.69) is 26.4 Å². The fraction of sp³-hybridized carbons (Fsp3) is 0.340. The molecular formula is C53H60ClN7O7S. The zero-order valence-electron chi connectivity index (χ0n) is 39.6. The lowest BCUT2D eigenvalue weighted by molar-refractivity contribution is -0.107. The summed E-state index contributed by atoms with van der Waals surface area (Å²) in [6, 6.07) is 30.4. The van der Waals surface area contributed by atoms with Crippen LogP contribution in [0, 0.1) is 5.92 Å². The van der Waals surface area contributed by atoms with Crippen molar-refractivity contribution < 1.29 is 33.7 Å². The van der Waals surface area contributed by atoms with Gasteiger partial charge < -0.3 is 43.7 Å². The molecule has 3 N–H and O–H groups in total. The third kappa shape index (κ3) is 12.3. The first-order valence-corrected chi connectivity index (χ1v) is 24.6. The minimum atomic E-state index is -0.986. The third-order valence-corrected chi connectivity index (χ3v) is 13.8. The number of rotatable bonds is 20. The number of aromatic nitrogens is 1. The molecule has 0 bridgehead atoms. The molecule has 2 aliphatic heterocycles. The number of H-pyrrole nitrogens is 1. The number of anilines is 3. The minimum absolute atomic E-state index is 0.0314. The standard InChI is InChI=1S/C53H60ClN7O7S/c1-5-25-66-40-9-7-10-41(28-40)68-51-32-50(58(4)35-62)49(57(2)3)31-48(51)56-69-42-11-6-8-38(27-42)52(63)61-22-20-60(21-23-61)34-36-16-18-59(19-17-36)24-26-67-39-14-12-37(13-15-39)43-29-44-45(53(64)65)33-55-47(44)30-46(43)54/h6-15,27-33,35-36,55-56H,5,16-26,34H2,1-4H3,(H,64,65). The molecule has 16 heteroatoms. The summed E-state index contributed by atoms with van der Waals surface area (Å²) in [6.07, 6.45) is 5.42. The molecule has 0 atom stereocenters. The molecular weight excluding hydrogens is 914 g/mol. The molecule has 5 aromatic carbocycles. The van der Waals surface area contributed by atoms with Gasteiger partial charge in [-0.05, 0) is 116 Å². The van der Waals surface area contributed by atoms with E-state index in [4.69, 9.17) is 25.8 Å². The van der Waals surface area contributed by atoms with Crippen molar-refractivity contribution >= 4 is 69.8 Å². The first-order valence-electron chi connectivity index (χ1n) is 23.4. The van der Waals surface area contributed by atoms with Gasteiger partial charge in [-0.1, -0.05) is 42.8 Å². The Hall–Kier alpha value is -6.39. The molecule has 0 aliphatic carbocycles. The number of aromatic carboxylic acids is 1. The number of halogens is 1. The highest BCUT2D eigenvalue weighted by Gasteiger charge is 2.27. The van der Waals surface area contributed by atoms with Crippen LogP contribution in [0.1, 0.15) is 46.9 Å². The number of amides is 2. The summed E-state index contributed by atoms with van der Waals surface area (Å²) in [4.78, 5) is 51.7. The smallest absolute Gasteiger partial charge is 0.337 e. The van der Waals surface area contributed by atoms with Crippen LogP contribution < -0.4 is 28.7 Å². The van der Waals surface area contributed by atoms with Crippen molar-refractivity contribution in [3.63, 3.8) is 0 Å². The highest BCUT2D eigenvalue weighted by Crippen LogP contribution is 2.42. The lowest BCUT2D eigenvalue weighted by Gasteiger charge is -2.39. The highest BCUT2D eigenvalue weighted by atomic mass is 35.5. The lowest BCUT2D eigenvalue weighted by Crippen LogP contribution is -2.50. The van der Waals surface area contributed by atoms with Gasteiger partial charge in [-0.2, -0.15) is 0 Å². The number of piperazine rings is 1. The van der Waals surface area contributed by atoms with Gasteiger partial charge in [0.2, 0.25) is 6.41 Å². The normalized spacial score (nSPS) is 14.7. The van der Waals surface area contributed by atoms with Crippen molar-refractivity contribution in [2.24, 2.45) is 5.92 Å². The Morgan fingerprint density at radius 3 is 2.30 bits per heavy atom.